The number of nitrogens with zero attached hydrogens (tertiary/aromatic N) is 2. The van der Waals surface area contributed by atoms with E-state index in [1.54, 1.807) is 17.5 Å². The van der Waals surface area contributed by atoms with Gasteiger partial charge in [0.15, 0.2) is 12.4 Å². The number of carbonyl (C=O) groups excluding carboxylic acids is 1. The lowest BCUT2D eigenvalue weighted by molar-refractivity contribution is -0.115. The highest BCUT2D eigenvalue weighted by atomic mass is 32.1. The van der Waals surface area contributed by atoms with Crippen molar-refractivity contribution in [3.63, 3.8) is 0 Å². The predicted molar refractivity (Wildman–Crippen MR) is 90.8 cm³/mol. The van der Waals surface area contributed by atoms with Crippen molar-refractivity contribution in [2.45, 2.75) is 6.92 Å². The molecular weight excluding hydrogens is 308 g/mol. The van der Waals surface area contributed by atoms with Gasteiger partial charge in [-0.15, -0.1) is 0 Å². The molecular formula is C18H14N2O2S. The lowest BCUT2D eigenvalue weighted by Gasteiger charge is -2.09. The summed E-state index contributed by atoms with van der Waals surface area (Å²) < 4.78 is 7.53. The van der Waals surface area contributed by atoms with Crippen LogP contribution in [-0.2, 0) is 9.53 Å². The highest BCUT2D eigenvalue weighted by Crippen LogP contribution is 2.33. The summed E-state index contributed by atoms with van der Waals surface area (Å²) in [6.45, 7) is 2.09. The van der Waals surface area contributed by atoms with Crippen LogP contribution in [0.25, 0.3) is 22.8 Å². The second-order valence-corrected chi connectivity index (χ2v) is 6.17. The third-order valence-corrected chi connectivity index (χ3v) is 4.45. The van der Waals surface area contributed by atoms with Crippen molar-refractivity contribution in [2.24, 2.45) is 0 Å². The van der Waals surface area contributed by atoms with Crippen LogP contribution in [0.15, 0.2) is 53.5 Å². The Morgan fingerprint density at radius 2 is 2.17 bits per heavy atom. The highest BCUT2D eigenvalue weighted by Gasteiger charge is 2.29. The Bertz CT molecular complexity index is 907. The van der Waals surface area contributed by atoms with Gasteiger partial charge in [-0.25, -0.2) is 4.98 Å². The first kappa shape index (κ1) is 14.0. The van der Waals surface area contributed by atoms with E-state index in [9.17, 15) is 4.79 Å². The van der Waals surface area contributed by atoms with Gasteiger partial charge in [0, 0.05) is 28.9 Å². The van der Waals surface area contributed by atoms with Gasteiger partial charge < -0.3 is 4.74 Å². The molecule has 2 aromatic heterocycles. The molecule has 0 bridgehead atoms. The Hall–Kier alpha value is -2.66. The van der Waals surface area contributed by atoms with Gasteiger partial charge >= 0.3 is 0 Å². The van der Waals surface area contributed by atoms with Crippen LogP contribution in [0.4, 0.5) is 0 Å². The lowest BCUT2D eigenvalue weighted by Crippen LogP contribution is -2.08. The number of hydrogen-bond donors (Lipinski definition) is 0. The first-order valence-electron chi connectivity index (χ1n) is 7.27. The number of rotatable bonds is 3. The first-order valence-corrected chi connectivity index (χ1v) is 8.22. The largest absolute Gasteiger partial charge is 0.482 e. The minimum atomic E-state index is -0.0315. The summed E-state index contributed by atoms with van der Waals surface area (Å²) in [4.78, 5) is 16.8. The van der Waals surface area contributed by atoms with Crippen molar-refractivity contribution < 1.29 is 9.53 Å². The van der Waals surface area contributed by atoms with Crippen LogP contribution in [-0.4, -0.2) is 21.9 Å². The average Bonchev–Trinajstić information content (AvgIpc) is 3.26. The van der Waals surface area contributed by atoms with Crippen molar-refractivity contribution in [1.29, 1.82) is 0 Å². The third-order valence-electron chi connectivity index (χ3n) is 3.77. The number of hydrogen-bond acceptors (Lipinski definition) is 4. The number of carbonyl (C=O) groups is 1. The zero-order chi connectivity index (χ0) is 15.8. The fourth-order valence-electron chi connectivity index (χ4n) is 2.74. The maximum Gasteiger partial charge on any atom is 0.220 e. The van der Waals surface area contributed by atoms with Gasteiger partial charge in [0.05, 0.1) is 0 Å². The summed E-state index contributed by atoms with van der Waals surface area (Å²) in [7, 11) is 0. The fraction of sp³-hybridized carbons (Fsp3) is 0.111. The van der Waals surface area contributed by atoms with E-state index >= 15 is 0 Å². The Kier molecular flexibility index (Phi) is 3.35. The van der Waals surface area contributed by atoms with Crippen molar-refractivity contribution in [1.82, 2.24) is 9.55 Å². The molecule has 0 saturated heterocycles. The van der Waals surface area contributed by atoms with Crippen molar-refractivity contribution >= 4 is 28.6 Å². The number of benzene rings is 1. The molecule has 114 valence electrons. The summed E-state index contributed by atoms with van der Waals surface area (Å²) in [6, 6.07) is 9.97. The van der Waals surface area contributed by atoms with E-state index in [1.807, 2.05) is 58.8 Å². The van der Waals surface area contributed by atoms with Crippen molar-refractivity contribution in [3.8, 4) is 11.4 Å². The number of imidazole rings is 1. The molecule has 0 amide bonds. The molecule has 3 heterocycles. The topological polar surface area (TPSA) is 44.1 Å². The van der Waals surface area contributed by atoms with Crippen LogP contribution in [0.2, 0.25) is 0 Å². The summed E-state index contributed by atoms with van der Waals surface area (Å²) in [5.74, 6) is 1.34. The minimum absolute atomic E-state index is 0.0315. The second-order valence-electron chi connectivity index (χ2n) is 5.39. The maximum atomic E-state index is 12.4. The van der Waals surface area contributed by atoms with Gasteiger partial charge in [-0.05, 0) is 24.4 Å². The van der Waals surface area contributed by atoms with Gasteiger partial charge in [-0.3, -0.25) is 9.36 Å². The van der Waals surface area contributed by atoms with Gasteiger partial charge in [0.25, 0.3) is 0 Å². The van der Waals surface area contributed by atoms with E-state index in [4.69, 9.17) is 4.74 Å². The summed E-state index contributed by atoms with van der Waals surface area (Å²) in [5, 5.41) is 4.02. The number of ether oxygens (including phenoxy) is 1. The molecule has 1 aliphatic heterocycles. The number of thiophene rings is 1. The second kappa shape index (κ2) is 5.52. The molecule has 0 saturated carbocycles. The molecule has 4 nitrogen and oxygen atoms in total. The highest BCUT2D eigenvalue weighted by molar-refractivity contribution is 7.08. The molecule has 0 aliphatic carbocycles. The first-order chi connectivity index (χ1) is 11.2. The molecule has 3 aromatic rings. The van der Waals surface area contributed by atoms with Crippen molar-refractivity contribution in [2.75, 3.05) is 6.61 Å². The molecule has 0 radical (unpaired) electrons. The standard InChI is InChI=1S/C18H14N2O2S/c1-12-3-2-4-13(9-12)17-16(15(21)10-22-17)20-7-6-19-18(20)14-5-8-23-11-14/h2-9,11H,10H2,1H3. The van der Waals surface area contributed by atoms with Gasteiger partial charge in [0.2, 0.25) is 5.78 Å². The summed E-state index contributed by atoms with van der Waals surface area (Å²) in [5.41, 5.74) is 3.59. The van der Waals surface area contributed by atoms with Crippen LogP contribution in [0.3, 0.4) is 0 Å². The Labute approximate surface area is 137 Å². The molecule has 5 heteroatoms. The molecule has 23 heavy (non-hydrogen) atoms. The van der Waals surface area contributed by atoms with Gasteiger partial charge in [-0.2, -0.15) is 11.3 Å². The van der Waals surface area contributed by atoms with E-state index in [1.165, 1.54) is 0 Å². The average molecular weight is 322 g/mol. The minimum Gasteiger partial charge on any atom is -0.482 e. The predicted octanol–water partition coefficient (Wildman–Crippen LogP) is 3.85. The van der Waals surface area contributed by atoms with Crippen LogP contribution >= 0.6 is 11.3 Å². The van der Waals surface area contributed by atoms with E-state index in [-0.39, 0.29) is 12.4 Å². The Balaban J connectivity index is 1.90. The van der Waals surface area contributed by atoms with Crippen molar-refractivity contribution in [3.05, 3.63) is 64.6 Å². The van der Waals surface area contributed by atoms with E-state index < -0.39 is 0 Å². The number of Topliss-reactive ketones (excluding diaryl/α,β-unsaturated/α-hetero) is 1. The zero-order valence-electron chi connectivity index (χ0n) is 12.5. The Morgan fingerprint density at radius 1 is 1.26 bits per heavy atom. The van der Waals surface area contributed by atoms with Crippen LogP contribution in [0.1, 0.15) is 11.1 Å². The van der Waals surface area contributed by atoms with Gasteiger partial charge in [-0.1, -0.05) is 23.8 Å². The molecule has 0 N–H and O–H groups in total. The van der Waals surface area contributed by atoms with Gasteiger partial charge in [0.1, 0.15) is 11.5 Å². The Morgan fingerprint density at radius 3 is 2.96 bits per heavy atom. The van der Waals surface area contributed by atoms with Crippen LogP contribution in [0, 0.1) is 6.92 Å². The maximum absolute atomic E-state index is 12.4. The summed E-state index contributed by atoms with van der Waals surface area (Å²) >= 11 is 1.60. The fourth-order valence-corrected chi connectivity index (χ4v) is 3.37. The summed E-state index contributed by atoms with van der Waals surface area (Å²) in [6.07, 6.45) is 3.52. The smallest absolute Gasteiger partial charge is 0.220 e. The molecule has 0 spiro atoms. The molecule has 0 fully saturated rings. The van der Waals surface area contributed by atoms with E-state index in [0.717, 1.165) is 22.5 Å². The number of ketones is 1. The molecule has 0 unspecified atom stereocenters. The molecule has 0 atom stereocenters. The normalized spacial score (nSPS) is 14.4. The van der Waals surface area contributed by atoms with E-state index in [0.29, 0.717) is 11.5 Å². The molecule has 1 aromatic carbocycles. The lowest BCUT2D eigenvalue weighted by atomic mass is 10.1. The van der Waals surface area contributed by atoms with Crippen LogP contribution in [0.5, 0.6) is 0 Å². The monoisotopic (exact) mass is 322 g/mol. The zero-order valence-corrected chi connectivity index (χ0v) is 13.3. The third kappa shape index (κ3) is 2.39. The molecule has 4 rings (SSSR count). The SMILES string of the molecule is Cc1cccc(C2=C(n3ccnc3-c3ccsc3)C(=O)CO2)c1. The number of aryl methyl sites for hydroxylation is 1. The van der Waals surface area contributed by atoms with Crippen LogP contribution < -0.4 is 0 Å². The molecule has 1 aliphatic rings. The van der Waals surface area contributed by atoms with E-state index in [2.05, 4.69) is 4.98 Å². The number of aromatic nitrogens is 2. The quantitative estimate of drug-likeness (QED) is 0.736.